The summed E-state index contributed by atoms with van der Waals surface area (Å²) < 4.78 is 0. The average Bonchev–Trinajstić information content (AvgIpc) is 2.46. The molecule has 18 heavy (non-hydrogen) atoms. The molecule has 1 atom stereocenters. The van der Waals surface area contributed by atoms with Crippen molar-refractivity contribution < 1.29 is 9.90 Å². The molecule has 98 valence electrons. The molecule has 0 unspecified atom stereocenters. The van der Waals surface area contributed by atoms with Gasteiger partial charge in [-0.3, -0.25) is 4.79 Å². The van der Waals surface area contributed by atoms with Gasteiger partial charge < -0.3 is 15.7 Å². The number of nitrogens with one attached hydrogen (secondary N) is 2. The maximum atomic E-state index is 12.0. The molecule has 1 heterocycles. The molecule has 1 aromatic carbocycles. The first-order valence-corrected chi connectivity index (χ1v) is 6.47. The van der Waals surface area contributed by atoms with Gasteiger partial charge in [0.1, 0.15) is 0 Å². The zero-order valence-electron chi connectivity index (χ0n) is 10.5. The number of rotatable bonds is 4. The van der Waals surface area contributed by atoms with Crippen LogP contribution in [0.2, 0.25) is 0 Å². The third kappa shape index (κ3) is 3.31. The van der Waals surface area contributed by atoms with E-state index in [-0.39, 0.29) is 18.4 Å². The van der Waals surface area contributed by atoms with Crippen LogP contribution in [0.4, 0.5) is 0 Å². The van der Waals surface area contributed by atoms with Crippen molar-refractivity contribution in [2.24, 2.45) is 5.92 Å². The number of hydrogen-bond donors (Lipinski definition) is 3. The second kappa shape index (κ2) is 6.52. The molecule has 1 fully saturated rings. The summed E-state index contributed by atoms with van der Waals surface area (Å²) in [5.41, 5.74) is 1.86. The lowest BCUT2D eigenvalue weighted by Crippen LogP contribution is -2.40. The molecule has 0 radical (unpaired) electrons. The molecular weight excluding hydrogens is 228 g/mol. The van der Waals surface area contributed by atoms with Crippen LogP contribution in [0, 0.1) is 5.92 Å². The van der Waals surface area contributed by atoms with E-state index >= 15 is 0 Å². The number of aliphatic hydroxyl groups excluding tert-OH is 1. The Bertz CT molecular complexity index is 401. The fourth-order valence-electron chi connectivity index (χ4n) is 2.29. The molecule has 1 amide bonds. The fourth-order valence-corrected chi connectivity index (χ4v) is 2.29. The van der Waals surface area contributed by atoms with E-state index in [1.807, 2.05) is 24.3 Å². The lowest BCUT2D eigenvalue weighted by Gasteiger charge is -2.22. The highest BCUT2D eigenvalue weighted by Gasteiger charge is 2.20. The lowest BCUT2D eigenvalue weighted by atomic mass is 9.98. The second-order valence-corrected chi connectivity index (χ2v) is 4.69. The predicted molar refractivity (Wildman–Crippen MR) is 69.8 cm³/mol. The Morgan fingerprint density at radius 2 is 2.17 bits per heavy atom. The lowest BCUT2D eigenvalue weighted by molar-refractivity contribution is -0.125. The van der Waals surface area contributed by atoms with E-state index in [4.69, 9.17) is 0 Å². The number of hydrogen-bond acceptors (Lipinski definition) is 3. The molecule has 0 aromatic heterocycles. The van der Waals surface area contributed by atoms with Gasteiger partial charge in [0.15, 0.2) is 0 Å². The highest BCUT2D eigenvalue weighted by atomic mass is 16.3. The Balaban J connectivity index is 1.88. The highest BCUT2D eigenvalue weighted by Crippen LogP contribution is 2.12. The average molecular weight is 248 g/mol. The first-order chi connectivity index (χ1) is 8.81. The topological polar surface area (TPSA) is 61.4 Å². The van der Waals surface area contributed by atoms with E-state index in [1.165, 1.54) is 0 Å². The van der Waals surface area contributed by atoms with Crippen molar-refractivity contribution in [1.29, 1.82) is 0 Å². The number of aliphatic hydroxyl groups is 1. The normalized spacial score (nSPS) is 19.5. The summed E-state index contributed by atoms with van der Waals surface area (Å²) in [6, 6.07) is 7.62. The highest BCUT2D eigenvalue weighted by molar-refractivity contribution is 5.79. The van der Waals surface area contributed by atoms with Gasteiger partial charge in [-0.1, -0.05) is 24.3 Å². The van der Waals surface area contributed by atoms with E-state index in [2.05, 4.69) is 10.6 Å². The molecular formula is C14H20N2O2. The van der Waals surface area contributed by atoms with Crippen molar-refractivity contribution in [3.8, 4) is 0 Å². The number of piperidine rings is 1. The van der Waals surface area contributed by atoms with Gasteiger partial charge in [0.25, 0.3) is 0 Å². The van der Waals surface area contributed by atoms with E-state index < -0.39 is 0 Å². The maximum Gasteiger partial charge on any atom is 0.224 e. The molecule has 1 saturated heterocycles. The monoisotopic (exact) mass is 248 g/mol. The van der Waals surface area contributed by atoms with E-state index in [0.717, 1.165) is 37.1 Å². The fraction of sp³-hybridized carbons (Fsp3) is 0.500. The Kier molecular flexibility index (Phi) is 4.73. The molecule has 0 saturated carbocycles. The Hall–Kier alpha value is -1.39. The van der Waals surface area contributed by atoms with Gasteiger partial charge in [-0.25, -0.2) is 0 Å². The summed E-state index contributed by atoms with van der Waals surface area (Å²) >= 11 is 0. The first kappa shape index (κ1) is 13.1. The first-order valence-electron chi connectivity index (χ1n) is 6.47. The van der Waals surface area contributed by atoms with Crippen molar-refractivity contribution in [3.05, 3.63) is 35.4 Å². The number of carbonyl (C=O) groups excluding carboxylic acids is 1. The molecule has 0 spiro atoms. The van der Waals surface area contributed by atoms with E-state index in [1.54, 1.807) is 0 Å². The van der Waals surface area contributed by atoms with Crippen molar-refractivity contribution in [3.63, 3.8) is 0 Å². The second-order valence-electron chi connectivity index (χ2n) is 4.69. The minimum atomic E-state index is 0.0109. The van der Waals surface area contributed by atoms with Crippen LogP contribution in [-0.4, -0.2) is 24.1 Å². The SMILES string of the molecule is O=C(NCc1ccccc1CO)[C@@H]1CCCNC1. The third-order valence-electron chi connectivity index (χ3n) is 3.41. The third-order valence-corrected chi connectivity index (χ3v) is 3.41. The molecule has 4 nitrogen and oxygen atoms in total. The Morgan fingerprint density at radius 3 is 2.83 bits per heavy atom. The summed E-state index contributed by atoms with van der Waals surface area (Å²) in [5, 5.41) is 15.4. The molecule has 0 aliphatic carbocycles. The predicted octanol–water partition coefficient (Wildman–Crippen LogP) is 0.795. The van der Waals surface area contributed by atoms with Crippen molar-refractivity contribution in [2.45, 2.75) is 26.0 Å². The van der Waals surface area contributed by atoms with Crippen LogP contribution in [0.25, 0.3) is 0 Å². The van der Waals surface area contributed by atoms with Crippen LogP contribution < -0.4 is 10.6 Å². The minimum absolute atomic E-state index is 0.0109. The maximum absolute atomic E-state index is 12.0. The quantitative estimate of drug-likeness (QED) is 0.738. The van der Waals surface area contributed by atoms with Gasteiger partial charge in [0, 0.05) is 13.1 Å². The number of carbonyl (C=O) groups is 1. The van der Waals surface area contributed by atoms with Crippen LogP contribution in [0.15, 0.2) is 24.3 Å². The summed E-state index contributed by atoms with van der Waals surface area (Å²) in [6.45, 7) is 2.29. The largest absolute Gasteiger partial charge is 0.392 e. The summed E-state index contributed by atoms with van der Waals surface area (Å²) in [4.78, 5) is 12.0. The van der Waals surface area contributed by atoms with Crippen molar-refractivity contribution >= 4 is 5.91 Å². The summed E-state index contributed by atoms with van der Waals surface area (Å²) in [7, 11) is 0. The van der Waals surface area contributed by atoms with Gasteiger partial charge in [-0.2, -0.15) is 0 Å². The van der Waals surface area contributed by atoms with Crippen LogP contribution in [0.1, 0.15) is 24.0 Å². The van der Waals surface area contributed by atoms with E-state index in [0.29, 0.717) is 6.54 Å². The van der Waals surface area contributed by atoms with Crippen molar-refractivity contribution in [2.75, 3.05) is 13.1 Å². The molecule has 1 aromatic rings. The molecule has 2 rings (SSSR count). The Labute approximate surface area is 107 Å². The standard InChI is InChI=1S/C14H20N2O2/c17-10-13-5-2-1-4-11(13)9-16-14(18)12-6-3-7-15-8-12/h1-2,4-5,12,15,17H,3,6-10H2,(H,16,18)/t12-/m1/s1. The molecule has 4 heteroatoms. The minimum Gasteiger partial charge on any atom is -0.392 e. The van der Waals surface area contributed by atoms with Gasteiger partial charge >= 0.3 is 0 Å². The molecule has 1 aliphatic rings. The van der Waals surface area contributed by atoms with Gasteiger partial charge in [0.05, 0.1) is 12.5 Å². The number of benzene rings is 1. The van der Waals surface area contributed by atoms with Crippen LogP contribution >= 0.6 is 0 Å². The number of amides is 1. The van der Waals surface area contributed by atoms with Gasteiger partial charge in [-0.05, 0) is 30.5 Å². The van der Waals surface area contributed by atoms with Gasteiger partial charge in [0.2, 0.25) is 5.91 Å². The van der Waals surface area contributed by atoms with Crippen LogP contribution in [-0.2, 0) is 17.9 Å². The van der Waals surface area contributed by atoms with Gasteiger partial charge in [-0.15, -0.1) is 0 Å². The summed E-state index contributed by atoms with van der Waals surface area (Å²) in [5.74, 6) is 0.190. The zero-order chi connectivity index (χ0) is 12.8. The molecule has 0 bridgehead atoms. The zero-order valence-corrected chi connectivity index (χ0v) is 10.5. The summed E-state index contributed by atoms with van der Waals surface area (Å²) in [6.07, 6.45) is 2.02. The Morgan fingerprint density at radius 1 is 1.39 bits per heavy atom. The van der Waals surface area contributed by atoms with E-state index in [9.17, 15) is 9.90 Å². The molecule has 3 N–H and O–H groups in total. The smallest absolute Gasteiger partial charge is 0.224 e. The van der Waals surface area contributed by atoms with Crippen LogP contribution in [0.5, 0.6) is 0 Å². The van der Waals surface area contributed by atoms with Crippen LogP contribution in [0.3, 0.4) is 0 Å². The van der Waals surface area contributed by atoms with Crippen molar-refractivity contribution in [1.82, 2.24) is 10.6 Å². The molecule has 1 aliphatic heterocycles.